The summed E-state index contributed by atoms with van der Waals surface area (Å²) in [6.45, 7) is 9.61. The molecule has 72 valence electrons. The van der Waals surface area contributed by atoms with Crippen LogP contribution in [-0.4, -0.2) is 19.3 Å². The zero-order valence-electron chi connectivity index (χ0n) is 8.76. The van der Waals surface area contributed by atoms with Crippen LogP contribution in [0.3, 0.4) is 0 Å². The Bertz CT molecular complexity index is 160. The van der Waals surface area contributed by atoms with Crippen molar-refractivity contribution in [3.05, 3.63) is 0 Å². The first kappa shape index (κ1) is 11.9. The van der Waals surface area contributed by atoms with E-state index in [9.17, 15) is 0 Å². The van der Waals surface area contributed by atoms with Crippen LogP contribution in [0.25, 0.3) is 0 Å². The molecule has 0 N–H and O–H groups in total. The van der Waals surface area contributed by atoms with Crippen molar-refractivity contribution < 1.29 is 0 Å². The second-order valence-electron chi connectivity index (χ2n) is 4.47. The standard InChI is InChI=1S/C9H20N2S/c1-8(2,3)9(4,7-12)6-11-10-5/h12H,6-7H2,1-5H3. The van der Waals surface area contributed by atoms with E-state index in [1.165, 1.54) is 0 Å². The van der Waals surface area contributed by atoms with Gasteiger partial charge >= 0.3 is 0 Å². The van der Waals surface area contributed by atoms with E-state index in [1.807, 2.05) is 0 Å². The number of thiol groups is 1. The molecule has 0 aromatic heterocycles. The second kappa shape index (κ2) is 4.26. The first-order valence-corrected chi connectivity index (χ1v) is 4.87. The van der Waals surface area contributed by atoms with Crippen LogP contribution in [0.5, 0.6) is 0 Å². The van der Waals surface area contributed by atoms with E-state index in [0.717, 1.165) is 12.3 Å². The van der Waals surface area contributed by atoms with Gasteiger partial charge in [0.1, 0.15) is 0 Å². The van der Waals surface area contributed by atoms with Crippen LogP contribution in [0.2, 0.25) is 0 Å². The molecule has 2 nitrogen and oxygen atoms in total. The van der Waals surface area contributed by atoms with E-state index < -0.39 is 0 Å². The molecule has 0 aromatic carbocycles. The molecule has 0 amide bonds. The highest BCUT2D eigenvalue weighted by Crippen LogP contribution is 2.39. The Morgan fingerprint density at radius 2 is 1.67 bits per heavy atom. The van der Waals surface area contributed by atoms with Gasteiger partial charge < -0.3 is 0 Å². The Labute approximate surface area is 81.3 Å². The highest BCUT2D eigenvalue weighted by atomic mass is 32.1. The Balaban J connectivity index is 4.45. The molecule has 0 bridgehead atoms. The number of azo groups is 1. The summed E-state index contributed by atoms with van der Waals surface area (Å²) in [6, 6.07) is 0. The van der Waals surface area contributed by atoms with E-state index in [1.54, 1.807) is 7.05 Å². The topological polar surface area (TPSA) is 24.7 Å². The van der Waals surface area contributed by atoms with Crippen molar-refractivity contribution >= 4 is 12.6 Å². The fourth-order valence-electron chi connectivity index (χ4n) is 0.751. The van der Waals surface area contributed by atoms with Gasteiger partial charge in [0, 0.05) is 12.5 Å². The third kappa shape index (κ3) is 2.77. The SMILES string of the molecule is CN=NCC(C)(CS)C(C)(C)C. The first-order valence-electron chi connectivity index (χ1n) is 4.24. The lowest BCUT2D eigenvalue weighted by molar-refractivity contribution is 0.147. The largest absolute Gasteiger partial charge is 0.198 e. The minimum Gasteiger partial charge on any atom is -0.198 e. The van der Waals surface area contributed by atoms with Crippen LogP contribution < -0.4 is 0 Å². The van der Waals surface area contributed by atoms with E-state index >= 15 is 0 Å². The Hall–Kier alpha value is -0.0500. The molecule has 0 saturated carbocycles. The predicted octanol–water partition coefficient (Wildman–Crippen LogP) is 3.05. The van der Waals surface area contributed by atoms with Gasteiger partial charge in [0.05, 0.1) is 6.54 Å². The van der Waals surface area contributed by atoms with Crippen LogP contribution in [0.4, 0.5) is 0 Å². The quantitative estimate of drug-likeness (QED) is 0.520. The highest BCUT2D eigenvalue weighted by molar-refractivity contribution is 7.80. The molecule has 0 saturated heterocycles. The predicted molar refractivity (Wildman–Crippen MR) is 57.1 cm³/mol. The molecule has 0 spiro atoms. The van der Waals surface area contributed by atoms with Gasteiger partial charge in [-0.2, -0.15) is 22.9 Å². The van der Waals surface area contributed by atoms with Gasteiger partial charge in [-0.25, -0.2) is 0 Å². The van der Waals surface area contributed by atoms with Crippen molar-refractivity contribution in [2.75, 3.05) is 19.3 Å². The zero-order chi connectivity index (χ0) is 9.83. The Kier molecular flexibility index (Phi) is 4.24. The van der Waals surface area contributed by atoms with Crippen LogP contribution in [0.1, 0.15) is 27.7 Å². The molecule has 12 heavy (non-hydrogen) atoms. The lowest BCUT2D eigenvalue weighted by atomic mass is 9.69. The summed E-state index contributed by atoms with van der Waals surface area (Å²) in [4.78, 5) is 0. The summed E-state index contributed by atoms with van der Waals surface area (Å²) in [5, 5.41) is 7.83. The lowest BCUT2D eigenvalue weighted by Crippen LogP contribution is -2.37. The fourth-order valence-corrected chi connectivity index (χ4v) is 1.33. The van der Waals surface area contributed by atoms with E-state index in [2.05, 4.69) is 50.6 Å². The van der Waals surface area contributed by atoms with Gasteiger partial charge in [0.15, 0.2) is 0 Å². The summed E-state index contributed by atoms with van der Waals surface area (Å²) in [7, 11) is 1.71. The molecule has 0 aliphatic heterocycles. The first-order chi connectivity index (χ1) is 5.37. The van der Waals surface area contributed by atoms with Gasteiger partial charge in [-0.15, -0.1) is 0 Å². The molecular weight excluding hydrogens is 168 g/mol. The number of rotatable bonds is 3. The average molecular weight is 188 g/mol. The van der Waals surface area contributed by atoms with Crippen LogP contribution in [0, 0.1) is 10.8 Å². The van der Waals surface area contributed by atoms with E-state index in [0.29, 0.717) is 0 Å². The molecule has 0 heterocycles. The van der Waals surface area contributed by atoms with Crippen molar-refractivity contribution in [1.82, 2.24) is 0 Å². The summed E-state index contributed by atoms with van der Waals surface area (Å²) in [6.07, 6.45) is 0. The van der Waals surface area contributed by atoms with Gasteiger partial charge in [-0.3, -0.25) is 0 Å². The van der Waals surface area contributed by atoms with Crippen LogP contribution in [0.15, 0.2) is 10.2 Å². The van der Waals surface area contributed by atoms with Crippen LogP contribution in [-0.2, 0) is 0 Å². The molecule has 1 unspecified atom stereocenters. The van der Waals surface area contributed by atoms with E-state index in [-0.39, 0.29) is 10.8 Å². The molecule has 0 rings (SSSR count). The summed E-state index contributed by atoms with van der Waals surface area (Å²) in [5.74, 6) is 0.843. The average Bonchev–Trinajstić information content (AvgIpc) is 1.98. The maximum Gasteiger partial charge on any atom is 0.0665 e. The third-order valence-electron chi connectivity index (χ3n) is 2.72. The van der Waals surface area contributed by atoms with Gasteiger partial charge in [0.2, 0.25) is 0 Å². The molecule has 0 aliphatic rings. The fraction of sp³-hybridized carbons (Fsp3) is 1.00. The molecule has 0 radical (unpaired) electrons. The third-order valence-corrected chi connectivity index (χ3v) is 3.42. The van der Waals surface area contributed by atoms with Crippen molar-refractivity contribution in [3.63, 3.8) is 0 Å². The van der Waals surface area contributed by atoms with Crippen LogP contribution >= 0.6 is 12.6 Å². The minimum absolute atomic E-state index is 0.135. The highest BCUT2D eigenvalue weighted by Gasteiger charge is 2.36. The monoisotopic (exact) mass is 188 g/mol. The lowest BCUT2D eigenvalue weighted by Gasteiger charge is -2.39. The van der Waals surface area contributed by atoms with Crippen molar-refractivity contribution in [3.8, 4) is 0 Å². The summed E-state index contributed by atoms with van der Waals surface area (Å²) >= 11 is 4.37. The molecule has 0 aliphatic carbocycles. The molecular formula is C9H20N2S. The number of nitrogens with zero attached hydrogens (tertiary/aromatic N) is 2. The van der Waals surface area contributed by atoms with Gasteiger partial charge in [0.25, 0.3) is 0 Å². The molecule has 0 aromatic rings. The molecule has 1 atom stereocenters. The Morgan fingerprint density at radius 1 is 1.17 bits per heavy atom. The maximum atomic E-state index is 4.37. The maximum absolute atomic E-state index is 4.37. The van der Waals surface area contributed by atoms with Gasteiger partial charge in [-0.05, 0) is 11.2 Å². The van der Waals surface area contributed by atoms with Crippen molar-refractivity contribution in [2.24, 2.45) is 21.1 Å². The summed E-state index contributed by atoms with van der Waals surface area (Å²) in [5.41, 5.74) is 0.360. The molecule has 3 heteroatoms. The second-order valence-corrected chi connectivity index (χ2v) is 4.78. The molecule has 0 fully saturated rings. The van der Waals surface area contributed by atoms with Crippen molar-refractivity contribution in [2.45, 2.75) is 27.7 Å². The van der Waals surface area contributed by atoms with Crippen molar-refractivity contribution in [1.29, 1.82) is 0 Å². The number of hydrogen-bond donors (Lipinski definition) is 1. The van der Waals surface area contributed by atoms with Gasteiger partial charge in [-0.1, -0.05) is 27.7 Å². The Morgan fingerprint density at radius 3 is 1.92 bits per heavy atom. The smallest absolute Gasteiger partial charge is 0.0665 e. The van der Waals surface area contributed by atoms with E-state index in [4.69, 9.17) is 0 Å². The summed E-state index contributed by atoms with van der Waals surface area (Å²) < 4.78 is 0. The normalized spacial score (nSPS) is 18.2. The zero-order valence-corrected chi connectivity index (χ0v) is 9.65. The minimum atomic E-state index is 0.135. The number of hydrogen-bond acceptors (Lipinski definition) is 3.